The highest BCUT2D eigenvalue weighted by molar-refractivity contribution is 6.32. The summed E-state index contributed by atoms with van der Waals surface area (Å²) in [4.78, 5) is 13.1. The van der Waals surface area contributed by atoms with Crippen LogP contribution in [-0.4, -0.2) is 50.7 Å². The molecule has 3 N–H and O–H groups in total. The molecule has 1 aliphatic rings. The smallest absolute Gasteiger partial charge is 0.255 e. The van der Waals surface area contributed by atoms with Gasteiger partial charge in [-0.05, 0) is 24.7 Å². The van der Waals surface area contributed by atoms with Crippen LogP contribution in [-0.2, 0) is 11.3 Å². The van der Waals surface area contributed by atoms with Crippen LogP contribution in [0.1, 0.15) is 5.56 Å². The van der Waals surface area contributed by atoms with Gasteiger partial charge in [-0.1, -0.05) is 11.6 Å². The van der Waals surface area contributed by atoms with Crippen molar-refractivity contribution in [2.75, 3.05) is 33.9 Å². The maximum atomic E-state index is 10.8. The number of hydrogen-bond donors (Lipinski definition) is 2. The van der Waals surface area contributed by atoms with Crippen molar-refractivity contribution in [1.82, 2.24) is 10.2 Å². The molecule has 0 unspecified atom stereocenters. The predicted octanol–water partition coefficient (Wildman–Crippen LogP) is 1.04. The van der Waals surface area contributed by atoms with E-state index in [-0.39, 0.29) is 19.0 Å². The Hall–Kier alpha value is -1.21. The Morgan fingerprint density at radius 2 is 2.18 bits per heavy atom. The second-order valence-electron chi connectivity index (χ2n) is 5.09. The van der Waals surface area contributed by atoms with Crippen LogP contribution >= 0.6 is 24.0 Å². The number of likely N-dealkylation sites (N-methyl/N-ethyl adjacent to an activating group) is 1. The van der Waals surface area contributed by atoms with Crippen molar-refractivity contribution in [3.05, 3.63) is 22.7 Å². The molecule has 124 valence electrons. The number of nitrogens with one attached hydrogen (secondary N) is 1. The molecule has 6 nitrogen and oxygen atoms in total. The summed E-state index contributed by atoms with van der Waals surface area (Å²) in [5, 5.41) is 3.65. The second kappa shape index (κ2) is 8.43. The Labute approximate surface area is 141 Å². The van der Waals surface area contributed by atoms with Crippen LogP contribution in [0.4, 0.5) is 0 Å². The lowest BCUT2D eigenvalue weighted by molar-refractivity contribution is -0.119. The number of amides is 1. The maximum absolute atomic E-state index is 10.8. The lowest BCUT2D eigenvalue weighted by Crippen LogP contribution is -2.55. The normalized spacial score (nSPS) is 14.2. The summed E-state index contributed by atoms with van der Waals surface area (Å²) >= 11 is 6.22. The lowest BCUT2D eigenvalue weighted by atomic mass is 10.1. The number of nitrogens with two attached hydrogens (primary N) is 1. The van der Waals surface area contributed by atoms with E-state index in [1.807, 2.05) is 12.1 Å². The van der Waals surface area contributed by atoms with Crippen LogP contribution < -0.4 is 20.5 Å². The molecular weight excluding hydrogens is 329 g/mol. The Bertz CT molecular complexity index is 524. The Balaban J connectivity index is 0.00000242. The van der Waals surface area contributed by atoms with Gasteiger partial charge in [-0.2, -0.15) is 0 Å². The van der Waals surface area contributed by atoms with Crippen molar-refractivity contribution in [2.24, 2.45) is 5.73 Å². The Kier molecular flexibility index (Phi) is 7.22. The molecule has 0 aromatic heterocycles. The van der Waals surface area contributed by atoms with E-state index < -0.39 is 5.91 Å². The summed E-state index contributed by atoms with van der Waals surface area (Å²) in [6.45, 7) is 2.53. The molecule has 8 heteroatoms. The quantitative estimate of drug-likeness (QED) is 0.768. The van der Waals surface area contributed by atoms with Gasteiger partial charge in [0.15, 0.2) is 18.1 Å². The minimum atomic E-state index is -0.561. The van der Waals surface area contributed by atoms with Gasteiger partial charge in [0.2, 0.25) is 0 Å². The number of carbonyl (C=O) groups excluding carboxylic acids is 1. The summed E-state index contributed by atoms with van der Waals surface area (Å²) in [5.41, 5.74) is 6.10. The minimum absolute atomic E-state index is 0. The topological polar surface area (TPSA) is 76.8 Å². The molecule has 1 heterocycles. The van der Waals surface area contributed by atoms with E-state index >= 15 is 0 Å². The third kappa shape index (κ3) is 4.64. The van der Waals surface area contributed by atoms with Crippen molar-refractivity contribution < 1.29 is 14.3 Å². The van der Waals surface area contributed by atoms with Crippen LogP contribution in [0.3, 0.4) is 0 Å². The third-order valence-corrected chi connectivity index (χ3v) is 3.74. The number of benzene rings is 1. The average Bonchev–Trinajstić information content (AvgIpc) is 2.34. The molecular formula is C14H21Cl2N3O3. The van der Waals surface area contributed by atoms with Gasteiger partial charge in [-0.3, -0.25) is 9.69 Å². The molecule has 1 aromatic rings. The summed E-state index contributed by atoms with van der Waals surface area (Å²) in [7, 11) is 3.61. The average molecular weight is 350 g/mol. The summed E-state index contributed by atoms with van der Waals surface area (Å²) in [6, 6.07) is 4.23. The monoisotopic (exact) mass is 349 g/mol. The van der Waals surface area contributed by atoms with Crippen molar-refractivity contribution in [3.63, 3.8) is 0 Å². The minimum Gasteiger partial charge on any atom is -0.493 e. The maximum Gasteiger partial charge on any atom is 0.255 e. The molecule has 0 radical (unpaired) electrons. The largest absolute Gasteiger partial charge is 0.493 e. The number of hydrogen-bond acceptors (Lipinski definition) is 5. The van der Waals surface area contributed by atoms with Gasteiger partial charge in [0.25, 0.3) is 5.91 Å². The SMILES string of the molecule is COc1cc(CN(C)C2CNC2)cc(Cl)c1OCC(N)=O.Cl. The number of ether oxygens (including phenoxy) is 2. The van der Waals surface area contributed by atoms with E-state index in [0.29, 0.717) is 22.6 Å². The Morgan fingerprint density at radius 3 is 2.68 bits per heavy atom. The first-order valence-corrected chi connectivity index (χ1v) is 7.07. The van der Waals surface area contributed by atoms with E-state index in [9.17, 15) is 4.79 Å². The van der Waals surface area contributed by atoms with Crippen molar-refractivity contribution >= 4 is 29.9 Å². The first-order chi connectivity index (χ1) is 10.0. The van der Waals surface area contributed by atoms with E-state index in [2.05, 4.69) is 17.3 Å². The number of rotatable bonds is 7. The lowest BCUT2D eigenvalue weighted by Gasteiger charge is -2.35. The summed E-state index contributed by atoms with van der Waals surface area (Å²) in [5.74, 6) is 0.281. The highest BCUT2D eigenvalue weighted by Gasteiger charge is 2.22. The highest BCUT2D eigenvalue weighted by Crippen LogP contribution is 2.36. The number of primary amides is 1. The fraction of sp³-hybridized carbons (Fsp3) is 0.500. The van der Waals surface area contributed by atoms with Crippen molar-refractivity contribution in [3.8, 4) is 11.5 Å². The molecule has 0 saturated carbocycles. The van der Waals surface area contributed by atoms with Crippen LogP contribution in [0.5, 0.6) is 11.5 Å². The van der Waals surface area contributed by atoms with Crippen LogP contribution in [0.15, 0.2) is 12.1 Å². The molecule has 0 aliphatic carbocycles. The van der Waals surface area contributed by atoms with E-state index in [1.54, 1.807) is 0 Å². The van der Waals surface area contributed by atoms with Gasteiger partial charge < -0.3 is 20.5 Å². The van der Waals surface area contributed by atoms with Gasteiger partial charge in [0, 0.05) is 25.7 Å². The molecule has 1 aliphatic heterocycles. The number of nitrogens with zero attached hydrogens (tertiary/aromatic N) is 1. The summed E-state index contributed by atoms with van der Waals surface area (Å²) < 4.78 is 10.6. The van der Waals surface area contributed by atoms with Gasteiger partial charge in [0.05, 0.1) is 12.1 Å². The van der Waals surface area contributed by atoms with Crippen molar-refractivity contribution in [1.29, 1.82) is 0 Å². The van der Waals surface area contributed by atoms with Crippen LogP contribution in [0, 0.1) is 0 Å². The molecule has 2 rings (SSSR count). The first kappa shape index (κ1) is 18.8. The zero-order chi connectivity index (χ0) is 15.4. The van der Waals surface area contributed by atoms with Gasteiger partial charge >= 0.3 is 0 Å². The zero-order valence-electron chi connectivity index (χ0n) is 12.6. The number of methoxy groups -OCH3 is 1. The molecule has 0 spiro atoms. The zero-order valence-corrected chi connectivity index (χ0v) is 14.2. The van der Waals surface area contributed by atoms with Gasteiger partial charge in [-0.15, -0.1) is 12.4 Å². The van der Waals surface area contributed by atoms with Gasteiger partial charge in [0.1, 0.15) is 0 Å². The Morgan fingerprint density at radius 1 is 1.50 bits per heavy atom. The van der Waals surface area contributed by atoms with Crippen LogP contribution in [0.2, 0.25) is 5.02 Å². The van der Waals surface area contributed by atoms with E-state index in [0.717, 1.165) is 25.2 Å². The molecule has 1 saturated heterocycles. The number of carbonyl (C=O) groups is 1. The summed E-state index contributed by atoms with van der Waals surface area (Å²) in [6.07, 6.45) is 0. The van der Waals surface area contributed by atoms with Crippen molar-refractivity contribution in [2.45, 2.75) is 12.6 Å². The molecule has 1 fully saturated rings. The fourth-order valence-electron chi connectivity index (χ4n) is 2.15. The second-order valence-corrected chi connectivity index (χ2v) is 5.50. The molecule has 22 heavy (non-hydrogen) atoms. The first-order valence-electron chi connectivity index (χ1n) is 6.69. The number of halogens is 2. The fourth-order valence-corrected chi connectivity index (χ4v) is 2.44. The van der Waals surface area contributed by atoms with E-state index in [4.69, 9.17) is 26.8 Å². The van der Waals surface area contributed by atoms with Crippen LogP contribution in [0.25, 0.3) is 0 Å². The van der Waals surface area contributed by atoms with Gasteiger partial charge in [-0.25, -0.2) is 0 Å². The molecule has 1 amide bonds. The molecule has 1 aromatic carbocycles. The molecule has 0 atom stereocenters. The molecule has 0 bridgehead atoms. The predicted molar refractivity (Wildman–Crippen MR) is 88.1 cm³/mol. The third-order valence-electron chi connectivity index (χ3n) is 3.46. The standard InChI is InChI=1S/C14H20ClN3O3.ClH/c1-18(10-5-17-6-10)7-9-3-11(15)14(12(4-9)20-2)21-8-13(16)19;/h3-4,10,17H,5-8H2,1-2H3,(H2,16,19);1H. The highest BCUT2D eigenvalue weighted by atomic mass is 35.5. The van der Waals surface area contributed by atoms with E-state index in [1.165, 1.54) is 7.11 Å².